The lowest BCUT2D eigenvalue weighted by molar-refractivity contribution is -0.309. The number of carbonyl (C=O) groups is 2. The van der Waals surface area contributed by atoms with Crippen LogP contribution in [0.5, 0.6) is 5.75 Å². The van der Waals surface area contributed by atoms with Crippen LogP contribution in [-0.4, -0.2) is 24.0 Å². The normalized spacial score (nSPS) is 13.4. The number of hydrogen-bond acceptors (Lipinski definition) is 6. The van der Waals surface area contributed by atoms with Crippen LogP contribution in [-0.2, 0) is 9.59 Å². The third-order valence-electron chi connectivity index (χ3n) is 4.55. The first-order valence-electron chi connectivity index (χ1n) is 8.75. The molecule has 2 aromatic rings. The Balaban J connectivity index is 2.37. The minimum absolute atomic E-state index is 0.329. The zero-order valence-electron chi connectivity index (χ0n) is 16.3. The van der Waals surface area contributed by atoms with Crippen molar-refractivity contribution in [3.8, 4) is 5.75 Å². The Bertz CT molecular complexity index is 944. The van der Waals surface area contributed by atoms with E-state index in [0.29, 0.717) is 27.8 Å². The Morgan fingerprint density at radius 1 is 1.11 bits per heavy atom. The zero-order chi connectivity index (χ0) is 20.5. The fourth-order valence-electron chi connectivity index (χ4n) is 2.79. The highest BCUT2D eigenvalue weighted by atomic mass is 16.5. The molecule has 27 heavy (non-hydrogen) atoms. The van der Waals surface area contributed by atoms with Crippen LogP contribution in [0.1, 0.15) is 37.5 Å². The molecular weight excluding hydrogens is 350 g/mol. The highest BCUT2D eigenvalue weighted by molar-refractivity contribution is 5.90. The molecule has 0 unspecified atom stereocenters. The van der Waals surface area contributed by atoms with Crippen LogP contribution in [0, 0.1) is 26.7 Å². The van der Waals surface area contributed by atoms with Gasteiger partial charge in [0.1, 0.15) is 11.3 Å². The predicted octanol–water partition coefficient (Wildman–Crippen LogP) is 1.38. The van der Waals surface area contributed by atoms with Crippen molar-refractivity contribution in [3.63, 3.8) is 0 Å². The maximum atomic E-state index is 12.4. The Morgan fingerprint density at radius 3 is 2.30 bits per heavy atom. The summed E-state index contributed by atoms with van der Waals surface area (Å²) < 4.78 is 11.2. The van der Waals surface area contributed by atoms with Gasteiger partial charge in [-0.25, -0.2) is 4.79 Å². The summed E-state index contributed by atoms with van der Waals surface area (Å²) in [6, 6.07) is 2.36. The number of ether oxygens (including phenoxy) is 1. The Hall–Kier alpha value is -2.83. The van der Waals surface area contributed by atoms with Crippen molar-refractivity contribution >= 4 is 22.8 Å². The maximum absolute atomic E-state index is 12.4. The smallest absolute Gasteiger partial charge is 0.339 e. The van der Waals surface area contributed by atoms with Gasteiger partial charge in [0.25, 0.3) is 5.91 Å². The van der Waals surface area contributed by atoms with Gasteiger partial charge in [-0.05, 0) is 56.9 Å². The SMILES string of the molecule is Cc1cc(O[C@@H](C)C(=O)N[C@H](C(=O)[O-])C(C)C)c2c(C)c(C)c(=O)oc2c1. The van der Waals surface area contributed by atoms with E-state index in [0.717, 1.165) is 5.56 Å². The van der Waals surface area contributed by atoms with E-state index in [1.165, 1.54) is 6.92 Å². The second kappa shape index (κ2) is 7.82. The second-order valence-electron chi connectivity index (χ2n) is 7.09. The second-order valence-corrected chi connectivity index (χ2v) is 7.09. The van der Waals surface area contributed by atoms with Crippen molar-refractivity contribution in [2.45, 2.75) is 53.7 Å². The fraction of sp³-hybridized carbons (Fsp3) is 0.450. The van der Waals surface area contributed by atoms with E-state index in [-0.39, 0.29) is 5.92 Å². The lowest BCUT2D eigenvalue weighted by Gasteiger charge is -2.25. The van der Waals surface area contributed by atoms with Crippen molar-refractivity contribution < 1.29 is 23.8 Å². The fourth-order valence-corrected chi connectivity index (χ4v) is 2.79. The first-order chi connectivity index (χ1) is 12.5. The zero-order valence-corrected chi connectivity index (χ0v) is 16.3. The molecule has 0 aliphatic rings. The molecule has 0 radical (unpaired) electrons. The topological polar surface area (TPSA) is 109 Å². The van der Waals surface area contributed by atoms with E-state index in [2.05, 4.69) is 5.32 Å². The predicted molar refractivity (Wildman–Crippen MR) is 98.6 cm³/mol. The van der Waals surface area contributed by atoms with Gasteiger partial charge in [-0.15, -0.1) is 0 Å². The minimum atomic E-state index is -1.35. The van der Waals surface area contributed by atoms with E-state index in [9.17, 15) is 19.5 Å². The lowest BCUT2D eigenvalue weighted by atomic mass is 10.0. The first kappa shape index (κ1) is 20.5. The number of carboxylic acid groups (broad SMARTS) is 1. The van der Waals surface area contributed by atoms with Crippen LogP contribution in [0.15, 0.2) is 21.3 Å². The van der Waals surface area contributed by atoms with Gasteiger partial charge < -0.3 is 24.4 Å². The number of amides is 1. The Kier molecular flexibility index (Phi) is 5.93. The van der Waals surface area contributed by atoms with Crippen LogP contribution < -0.4 is 20.8 Å². The summed E-state index contributed by atoms with van der Waals surface area (Å²) in [5.41, 5.74) is 1.92. The summed E-state index contributed by atoms with van der Waals surface area (Å²) in [7, 11) is 0. The van der Waals surface area contributed by atoms with E-state index in [1.54, 1.807) is 39.8 Å². The summed E-state index contributed by atoms with van der Waals surface area (Å²) in [6.45, 7) is 10.1. The molecule has 7 nitrogen and oxygen atoms in total. The summed E-state index contributed by atoms with van der Waals surface area (Å²) in [6.07, 6.45) is -0.956. The van der Waals surface area contributed by atoms with Crippen molar-refractivity contribution in [3.05, 3.63) is 39.2 Å². The van der Waals surface area contributed by atoms with E-state index in [4.69, 9.17) is 9.15 Å². The van der Waals surface area contributed by atoms with E-state index in [1.807, 2.05) is 6.92 Å². The molecular formula is C20H24NO6-. The highest BCUT2D eigenvalue weighted by Gasteiger charge is 2.23. The van der Waals surface area contributed by atoms with Gasteiger partial charge in [0.05, 0.1) is 17.4 Å². The molecule has 1 aromatic heterocycles. The van der Waals surface area contributed by atoms with Gasteiger partial charge in [0, 0.05) is 5.56 Å². The molecule has 7 heteroatoms. The highest BCUT2D eigenvalue weighted by Crippen LogP contribution is 2.31. The van der Waals surface area contributed by atoms with Gasteiger partial charge in [-0.2, -0.15) is 0 Å². The van der Waals surface area contributed by atoms with Crippen LogP contribution >= 0.6 is 0 Å². The molecule has 0 aliphatic heterocycles. The average Bonchev–Trinajstić information content (AvgIpc) is 2.56. The number of fused-ring (bicyclic) bond motifs is 1. The number of aliphatic carboxylic acids is 1. The number of nitrogens with one attached hydrogen (secondary N) is 1. The Morgan fingerprint density at radius 2 is 1.74 bits per heavy atom. The molecule has 1 N–H and O–H groups in total. The molecule has 0 fully saturated rings. The molecule has 0 aliphatic carbocycles. The molecule has 0 bridgehead atoms. The standard InChI is InChI=1S/C20H25NO6/c1-9(2)17(19(23)24)21-18(22)13(6)26-14-7-10(3)8-15-16(14)11(4)12(5)20(25)27-15/h7-9,13,17H,1-6H3,(H,21,22)(H,23,24)/p-1/t13-,17-/m0/s1. The average molecular weight is 374 g/mol. The quantitative estimate of drug-likeness (QED) is 0.765. The van der Waals surface area contributed by atoms with Crippen LogP contribution in [0.2, 0.25) is 0 Å². The number of aryl methyl sites for hydroxylation is 2. The van der Waals surface area contributed by atoms with Gasteiger partial charge in [-0.1, -0.05) is 13.8 Å². The van der Waals surface area contributed by atoms with Crippen molar-refractivity contribution in [2.24, 2.45) is 5.92 Å². The molecule has 146 valence electrons. The third kappa shape index (κ3) is 4.30. The number of carboxylic acids is 1. The van der Waals surface area contributed by atoms with Gasteiger partial charge in [-0.3, -0.25) is 4.79 Å². The number of hydrogen-bond donors (Lipinski definition) is 1. The van der Waals surface area contributed by atoms with Crippen LogP contribution in [0.3, 0.4) is 0 Å². The van der Waals surface area contributed by atoms with E-state index >= 15 is 0 Å². The molecule has 2 rings (SSSR count). The monoisotopic (exact) mass is 374 g/mol. The molecule has 0 saturated carbocycles. The molecule has 1 amide bonds. The van der Waals surface area contributed by atoms with Gasteiger partial charge in [0.15, 0.2) is 6.10 Å². The molecule has 0 saturated heterocycles. The summed E-state index contributed by atoms with van der Waals surface area (Å²) in [4.78, 5) is 35.5. The number of rotatable bonds is 6. The summed E-state index contributed by atoms with van der Waals surface area (Å²) in [5.74, 6) is -1.85. The summed E-state index contributed by atoms with van der Waals surface area (Å²) in [5, 5.41) is 14.2. The number of benzene rings is 1. The molecule has 1 aromatic carbocycles. The van der Waals surface area contributed by atoms with Crippen LogP contribution in [0.25, 0.3) is 11.0 Å². The third-order valence-corrected chi connectivity index (χ3v) is 4.55. The molecule has 0 spiro atoms. The van der Waals surface area contributed by atoms with Gasteiger partial charge in [0.2, 0.25) is 0 Å². The van der Waals surface area contributed by atoms with Crippen molar-refractivity contribution in [1.29, 1.82) is 0 Å². The van der Waals surface area contributed by atoms with Crippen molar-refractivity contribution in [2.75, 3.05) is 0 Å². The molecule has 2 atom stereocenters. The number of carbonyl (C=O) groups excluding carboxylic acids is 2. The largest absolute Gasteiger partial charge is 0.548 e. The van der Waals surface area contributed by atoms with Gasteiger partial charge >= 0.3 is 5.63 Å². The minimum Gasteiger partial charge on any atom is -0.548 e. The van der Waals surface area contributed by atoms with Crippen molar-refractivity contribution in [1.82, 2.24) is 5.32 Å². The van der Waals surface area contributed by atoms with Crippen LogP contribution in [0.4, 0.5) is 0 Å². The maximum Gasteiger partial charge on any atom is 0.339 e. The first-order valence-corrected chi connectivity index (χ1v) is 8.75. The molecule has 1 heterocycles. The Labute approximate surface area is 157 Å². The lowest BCUT2D eigenvalue weighted by Crippen LogP contribution is -2.53. The van der Waals surface area contributed by atoms with E-state index < -0.39 is 29.6 Å². The summed E-state index contributed by atoms with van der Waals surface area (Å²) >= 11 is 0.